The fourth-order valence-corrected chi connectivity index (χ4v) is 4.98. The van der Waals surface area contributed by atoms with Crippen LogP contribution in [-0.2, 0) is 22.0 Å². The Morgan fingerprint density at radius 2 is 1.94 bits per heavy atom. The molecule has 3 aromatic rings. The molecule has 1 heterocycles. The minimum Gasteiger partial charge on any atom is -0.495 e. The lowest BCUT2D eigenvalue weighted by molar-refractivity contribution is 0.0981. The van der Waals surface area contributed by atoms with Gasteiger partial charge in [0.05, 0.1) is 13.7 Å². The van der Waals surface area contributed by atoms with E-state index in [1.807, 2.05) is 55.9 Å². The lowest BCUT2D eigenvalue weighted by atomic mass is 9.87. The van der Waals surface area contributed by atoms with Crippen LogP contribution in [0.2, 0.25) is 0 Å². The summed E-state index contributed by atoms with van der Waals surface area (Å²) in [4.78, 5) is 12.9. The van der Waals surface area contributed by atoms with Crippen molar-refractivity contribution in [1.29, 1.82) is 0 Å². The van der Waals surface area contributed by atoms with Crippen LogP contribution in [0.3, 0.4) is 0 Å². The van der Waals surface area contributed by atoms with Gasteiger partial charge in [-0.15, -0.1) is 0 Å². The number of benzene rings is 2. The third kappa shape index (κ3) is 5.11. The number of carbonyl (C=O) groups is 1. The molecule has 2 aromatic carbocycles. The standard InChI is InChI=1S/C25H29N3O4S/c1-25(2,3)20-10-11-22(32-4)23(15-20)33(30,31)27-24(29)18-8-9-19(16-28-13-5-12-26-28)21(14-18)17-6-7-17/h5,8-15,17H,6-7,16H2,1-4H3,(H,27,29). The first-order valence-corrected chi connectivity index (χ1v) is 12.4. The Hall–Kier alpha value is -3.13. The van der Waals surface area contributed by atoms with Crippen molar-refractivity contribution in [3.05, 3.63) is 77.1 Å². The molecule has 1 fully saturated rings. The fraction of sp³-hybridized carbons (Fsp3) is 0.360. The maximum atomic E-state index is 13.2. The number of carbonyl (C=O) groups excluding carboxylic acids is 1. The molecule has 0 unspecified atom stereocenters. The van der Waals surface area contributed by atoms with Crippen molar-refractivity contribution in [3.8, 4) is 5.75 Å². The Bertz CT molecular complexity index is 1270. The van der Waals surface area contributed by atoms with Crippen LogP contribution in [0.25, 0.3) is 0 Å². The molecule has 174 valence electrons. The van der Waals surface area contributed by atoms with Gasteiger partial charge in [-0.05, 0) is 71.2 Å². The van der Waals surface area contributed by atoms with Crippen molar-refractivity contribution in [1.82, 2.24) is 14.5 Å². The van der Waals surface area contributed by atoms with Gasteiger partial charge in [-0.25, -0.2) is 13.1 Å². The Balaban J connectivity index is 1.62. The van der Waals surface area contributed by atoms with E-state index in [9.17, 15) is 13.2 Å². The Morgan fingerprint density at radius 3 is 2.55 bits per heavy atom. The van der Waals surface area contributed by atoms with E-state index < -0.39 is 15.9 Å². The maximum Gasteiger partial charge on any atom is 0.268 e. The molecule has 8 heteroatoms. The average Bonchev–Trinajstić information content (AvgIpc) is 3.48. The van der Waals surface area contributed by atoms with Gasteiger partial charge in [0.15, 0.2) is 0 Å². The van der Waals surface area contributed by atoms with Crippen LogP contribution in [0, 0.1) is 0 Å². The summed E-state index contributed by atoms with van der Waals surface area (Å²) in [5, 5.41) is 4.26. The molecule has 0 spiro atoms. The van der Waals surface area contributed by atoms with Crippen LogP contribution < -0.4 is 9.46 Å². The maximum absolute atomic E-state index is 13.2. The summed E-state index contributed by atoms with van der Waals surface area (Å²) in [7, 11) is -2.73. The number of sulfonamides is 1. The second kappa shape index (κ2) is 8.67. The van der Waals surface area contributed by atoms with Crippen LogP contribution in [0.5, 0.6) is 5.75 Å². The minimum atomic E-state index is -4.14. The monoisotopic (exact) mass is 467 g/mol. The fourth-order valence-electron chi connectivity index (χ4n) is 3.81. The van der Waals surface area contributed by atoms with Gasteiger partial charge in [0.1, 0.15) is 10.6 Å². The Morgan fingerprint density at radius 1 is 1.18 bits per heavy atom. The lowest BCUT2D eigenvalue weighted by Crippen LogP contribution is -2.31. The van der Waals surface area contributed by atoms with Crippen LogP contribution in [0.1, 0.15) is 66.6 Å². The zero-order valence-electron chi connectivity index (χ0n) is 19.3. The van der Waals surface area contributed by atoms with Gasteiger partial charge in [0, 0.05) is 18.0 Å². The van der Waals surface area contributed by atoms with Crippen LogP contribution in [0.15, 0.2) is 59.8 Å². The highest BCUT2D eigenvalue weighted by Crippen LogP contribution is 2.42. The smallest absolute Gasteiger partial charge is 0.268 e. The Kier molecular flexibility index (Phi) is 6.05. The van der Waals surface area contributed by atoms with Gasteiger partial charge >= 0.3 is 0 Å². The van der Waals surface area contributed by atoms with Gasteiger partial charge in [-0.1, -0.05) is 32.9 Å². The number of nitrogens with zero attached hydrogens (tertiary/aromatic N) is 2. The number of rotatable bonds is 7. The van der Waals surface area contributed by atoms with Crippen molar-refractivity contribution in [2.75, 3.05) is 7.11 Å². The number of methoxy groups -OCH3 is 1. The second-order valence-electron chi connectivity index (χ2n) is 9.44. The largest absolute Gasteiger partial charge is 0.495 e. The summed E-state index contributed by atoms with van der Waals surface area (Å²) >= 11 is 0. The van der Waals surface area contributed by atoms with Gasteiger partial charge in [0.2, 0.25) is 0 Å². The van der Waals surface area contributed by atoms with E-state index in [2.05, 4.69) is 9.82 Å². The number of ether oxygens (including phenoxy) is 1. The number of hydrogen-bond donors (Lipinski definition) is 1. The molecule has 33 heavy (non-hydrogen) atoms. The van der Waals surface area contributed by atoms with E-state index in [1.54, 1.807) is 24.4 Å². The van der Waals surface area contributed by atoms with Crippen molar-refractivity contribution in [2.24, 2.45) is 0 Å². The van der Waals surface area contributed by atoms with Gasteiger partial charge < -0.3 is 4.74 Å². The highest BCUT2D eigenvalue weighted by atomic mass is 32.2. The van der Waals surface area contributed by atoms with Crippen molar-refractivity contribution in [2.45, 2.75) is 56.4 Å². The predicted molar refractivity (Wildman–Crippen MR) is 126 cm³/mol. The SMILES string of the molecule is COc1ccc(C(C)(C)C)cc1S(=O)(=O)NC(=O)c1ccc(Cn2cccn2)c(C2CC2)c1. The molecule has 1 aliphatic carbocycles. The molecule has 1 aromatic heterocycles. The van der Waals surface area contributed by atoms with Gasteiger partial charge in [-0.2, -0.15) is 5.10 Å². The molecular weight excluding hydrogens is 438 g/mol. The molecule has 0 radical (unpaired) electrons. The topological polar surface area (TPSA) is 90.3 Å². The summed E-state index contributed by atoms with van der Waals surface area (Å²) in [6.07, 6.45) is 5.74. The van der Waals surface area contributed by atoms with Crippen LogP contribution in [-0.4, -0.2) is 31.2 Å². The third-order valence-electron chi connectivity index (χ3n) is 5.86. The van der Waals surface area contributed by atoms with Gasteiger partial charge in [-0.3, -0.25) is 9.48 Å². The zero-order chi connectivity index (χ0) is 23.8. The molecule has 1 saturated carbocycles. The molecule has 1 aliphatic rings. The lowest BCUT2D eigenvalue weighted by Gasteiger charge is -2.21. The minimum absolute atomic E-state index is 0.0523. The summed E-state index contributed by atoms with van der Waals surface area (Å²) in [5.41, 5.74) is 3.04. The number of nitrogens with one attached hydrogen (secondary N) is 1. The first kappa shape index (κ1) is 23.0. The van der Waals surface area contributed by atoms with Crippen molar-refractivity contribution in [3.63, 3.8) is 0 Å². The third-order valence-corrected chi connectivity index (χ3v) is 7.22. The predicted octanol–water partition coefficient (Wildman–Crippen LogP) is 4.23. The van der Waals surface area contributed by atoms with Gasteiger partial charge in [0.25, 0.3) is 15.9 Å². The molecule has 0 atom stereocenters. The van der Waals surface area contributed by atoms with E-state index in [0.29, 0.717) is 18.0 Å². The summed E-state index contributed by atoms with van der Waals surface area (Å²) in [5.74, 6) is -0.0780. The molecule has 7 nitrogen and oxygen atoms in total. The number of aromatic nitrogens is 2. The molecule has 1 amide bonds. The van der Waals surface area contributed by atoms with Crippen LogP contribution in [0.4, 0.5) is 0 Å². The highest BCUT2D eigenvalue weighted by molar-refractivity contribution is 7.90. The normalized spacial score (nSPS) is 14.2. The molecule has 0 aliphatic heterocycles. The molecule has 1 N–H and O–H groups in total. The Labute approximate surface area is 194 Å². The van der Waals surface area contributed by atoms with E-state index in [4.69, 9.17) is 4.74 Å². The molecule has 0 saturated heterocycles. The summed E-state index contributed by atoms with van der Waals surface area (Å²) < 4.78 is 35.7. The molecule has 0 bridgehead atoms. The highest BCUT2D eigenvalue weighted by Gasteiger charge is 2.29. The summed E-state index contributed by atoms with van der Waals surface area (Å²) in [6, 6.07) is 12.2. The van der Waals surface area contributed by atoms with E-state index >= 15 is 0 Å². The molecular formula is C25H29N3O4S. The van der Waals surface area contributed by atoms with Crippen LogP contribution >= 0.6 is 0 Å². The zero-order valence-corrected chi connectivity index (χ0v) is 20.1. The first-order chi connectivity index (χ1) is 15.6. The van der Waals surface area contributed by atoms with Crippen molar-refractivity contribution < 1.29 is 17.9 Å². The summed E-state index contributed by atoms with van der Waals surface area (Å²) in [6.45, 7) is 6.59. The second-order valence-corrected chi connectivity index (χ2v) is 11.1. The van der Waals surface area contributed by atoms with E-state index in [1.165, 1.54) is 7.11 Å². The first-order valence-electron chi connectivity index (χ1n) is 10.9. The molecule has 4 rings (SSSR count). The van der Waals surface area contributed by atoms with E-state index in [0.717, 1.165) is 29.5 Å². The number of amides is 1. The number of hydrogen-bond acceptors (Lipinski definition) is 5. The average molecular weight is 468 g/mol. The van der Waals surface area contributed by atoms with Crippen molar-refractivity contribution >= 4 is 15.9 Å². The quantitative estimate of drug-likeness (QED) is 0.561. The van der Waals surface area contributed by atoms with E-state index in [-0.39, 0.29) is 16.1 Å².